The second kappa shape index (κ2) is 11.2. The highest BCUT2D eigenvalue weighted by molar-refractivity contribution is 6.86. The third-order valence-corrected chi connectivity index (χ3v) is 12.1. The Morgan fingerprint density at radius 2 is 0.853 bits per heavy atom. The largest absolute Gasteiger partial charge is 0.539 e. The van der Waals surface area contributed by atoms with Crippen LogP contribution in [0.2, 0.25) is 25.2 Å². The minimum atomic E-state index is -2.56. The lowest BCUT2D eigenvalue weighted by Gasteiger charge is -2.32. The SMILES string of the molecule is C[Si](CCC[Si](C)(Oc1ccccc1)c1ccccc1)(Oc1ccccc1)Oc1ccccc1. The van der Waals surface area contributed by atoms with Gasteiger partial charge in [0.2, 0.25) is 0 Å². The quantitative estimate of drug-likeness (QED) is 0.211. The molecule has 0 bridgehead atoms. The summed E-state index contributed by atoms with van der Waals surface area (Å²) in [6.45, 7) is 4.47. The summed E-state index contributed by atoms with van der Waals surface area (Å²) in [4.78, 5) is 0. The average molecular weight is 485 g/mol. The minimum Gasteiger partial charge on any atom is -0.539 e. The fourth-order valence-corrected chi connectivity index (χ4v) is 9.74. The third-order valence-electron chi connectivity index (χ3n) is 5.91. The van der Waals surface area contributed by atoms with Gasteiger partial charge >= 0.3 is 8.56 Å². The summed E-state index contributed by atoms with van der Waals surface area (Å²) in [5.41, 5.74) is 0. The van der Waals surface area contributed by atoms with Crippen LogP contribution in [-0.2, 0) is 0 Å². The Morgan fingerprint density at radius 1 is 0.471 bits per heavy atom. The predicted octanol–water partition coefficient (Wildman–Crippen LogP) is 7.17. The molecule has 4 aromatic carbocycles. The molecule has 0 saturated heterocycles. The summed E-state index contributed by atoms with van der Waals surface area (Å²) in [6.07, 6.45) is 0.965. The van der Waals surface area contributed by atoms with Crippen LogP contribution < -0.4 is 18.5 Å². The first kappa shape index (κ1) is 23.9. The van der Waals surface area contributed by atoms with Crippen molar-refractivity contribution >= 4 is 22.1 Å². The van der Waals surface area contributed by atoms with E-state index in [0.29, 0.717) is 0 Å². The molecular weight excluding hydrogens is 452 g/mol. The Morgan fingerprint density at radius 3 is 1.29 bits per heavy atom. The van der Waals surface area contributed by atoms with Gasteiger partial charge in [0.25, 0.3) is 8.32 Å². The molecule has 174 valence electrons. The molecule has 34 heavy (non-hydrogen) atoms. The smallest absolute Gasteiger partial charge is 0.457 e. The van der Waals surface area contributed by atoms with Gasteiger partial charge in [-0.05, 0) is 60.6 Å². The van der Waals surface area contributed by atoms with Gasteiger partial charge in [0.05, 0.1) is 0 Å². The molecule has 0 aliphatic heterocycles. The second-order valence-corrected chi connectivity index (χ2v) is 15.7. The highest BCUT2D eigenvalue weighted by atomic mass is 28.4. The van der Waals surface area contributed by atoms with Crippen molar-refractivity contribution in [2.45, 2.75) is 31.6 Å². The maximum Gasteiger partial charge on any atom is 0.457 e. The van der Waals surface area contributed by atoms with Crippen molar-refractivity contribution < 1.29 is 13.3 Å². The summed E-state index contributed by atoms with van der Waals surface area (Å²) in [7, 11) is -4.80. The molecule has 3 nitrogen and oxygen atoms in total. The fraction of sp³-hybridized carbons (Fsp3) is 0.172. The minimum absolute atomic E-state index is 0.858. The van der Waals surface area contributed by atoms with Gasteiger partial charge in [0.15, 0.2) is 0 Å². The monoisotopic (exact) mass is 484 g/mol. The molecule has 1 atom stereocenters. The first-order valence-electron chi connectivity index (χ1n) is 11.8. The Balaban J connectivity index is 1.52. The molecule has 0 fully saturated rings. The Labute approximate surface area is 205 Å². The average Bonchev–Trinajstić information content (AvgIpc) is 2.86. The van der Waals surface area contributed by atoms with Crippen LogP contribution in [0.4, 0.5) is 0 Å². The van der Waals surface area contributed by atoms with Gasteiger partial charge in [-0.25, -0.2) is 0 Å². The molecule has 0 radical (unpaired) electrons. The third kappa shape index (κ3) is 6.62. The highest BCUT2D eigenvalue weighted by Gasteiger charge is 2.39. The van der Waals surface area contributed by atoms with Gasteiger partial charge in [0.1, 0.15) is 17.2 Å². The van der Waals surface area contributed by atoms with Crippen molar-refractivity contribution in [2.75, 3.05) is 0 Å². The summed E-state index contributed by atoms with van der Waals surface area (Å²) >= 11 is 0. The topological polar surface area (TPSA) is 27.7 Å². The lowest BCUT2D eigenvalue weighted by molar-refractivity contribution is 0.387. The zero-order valence-electron chi connectivity index (χ0n) is 19.9. The van der Waals surface area contributed by atoms with Crippen LogP contribution in [-0.4, -0.2) is 16.9 Å². The van der Waals surface area contributed by atoms with E-state index in [1.54, 1.807) is 0 Å². The van der Waals surface area contributed by atoms with Crippen LogP contribution in [0.25, 0.3) is 0 Å². The summed E-state index contributed by atoms with van der Waals surface area (Å²) in [5.74, 6) is 2.65. The van der Waals surface area contributed by atoms with E-state index in [9.17, 15) is 0 Å². The van der Waals surface area contributed by atoms with Crippen LogP contribution in [0.1, 0.15) is 6.42 Å². The number of rotatable bonds is 11. The Bertz CT molecular complexity index is 1080. The molecule has 4 rings (SSSR count). The van der Waals surface area contributed by atoms with E-state index in [-0.39, 0.29) is 0 Å². The maximum atomic E-state index is 6.71. The Hall–Kier alpha value is -3.29. The van der Waals surface area contributed by atoms with Gasteiger partial charge in [-0.2, -0.15) is 0 Å². The molecule has 0 N–H and O–H groups in total. The normalized spacial score (nSPS) is 13.0. The first-order valence-corrected chi connectivity index (χ1v) is 17.0. The first-order chi connectivity index (χ1) is 16.5. The molecule has 1 unspecified atom stereocenters. The summed E-state index contributed by atoms with van der Waals surface area (Å²) in [5, 5.41) is 1.30. The second-order valence-electron chi connectivity index (χ2n) is 8.83. The standard InChI is InChI=1S/C29H32O3Si2/c1-33(29-22-13-6-14-23-29,30-26-16-7-3-8-17-26)24-15-25-34(2,31-27-18-9-4-10-19-27)32-28-20-11-5-12-21-28/h3-14,16-23H,15,24-25H2,1-2H3. The van der Waals surface area contributed by atoms with Crippen LogP contribution >= 0.6 is 0 Å². The highest BCUT2D eigenvalue weighted by Crippen LogP contribution is 2.27. The van der Waals surface area contributed by atoms with Crippen LogP contribution in [0.3, 0.4) is 0 Å². The van der Waals surface area contributed by atoms with E-state index in [1.165, 1.54) is 5.19 Å². The van der Waals surface area contributed by atoms with Gasteiger partial charge in [-0.1, -0.05) is 84.9 Å². The molecule has 0 amide bonds. The number of hydrogen-bond acceptors (Lipinski definition) is 3. The molecule has 0 saturated carbocycles. The zero-order chi connectivity index (χ0) is 23.7. The van der Waals surface area contributed by atoms with Crippen molar-refractivity contribution in [3.63, 3.8) is 0 Å². The number of para-hydroxylation sites is 3. The van der Waals surface area contributed by atoms with Crippen LogP contribution in [0.15, 0.2) is 121 Å². The Kier molecular flexibility index (Phi) is 7.88. The van der Waals surface area contributed by atoms with Gasteiger partial charge < -0.3 is 13.3 Å². The zero-order valence-corrected chi connectivity index (χ0v) is 21.9. The van der Waals surface area contributed by atoms with Crippen molar-refractivity contribution in [1.82, 2.24) is 0 Å². The van der Waals surface area contributed by atoms with E-state index in [1.807, 2.05) is 91.0 Å². The van der Waals surface area contributed by atoms with Gasteiger partial charge in [0, 0.05) is 12.6 Å². The van der Waals surface area contributed by atoms with Crippen molar-refractivity contribution in [3.8, 4) is 17.2 Å². The van der Waals surface area contributed by atoms with Gasteiger partial charge in [-0.15, -0.1) is 0 Å². The van der Waals surface area contributed by atoms with E-state index < -0.39 is 16.9 Å². The molecule has 4 aromatic rings. The van der Waals surface area contributed by atoms with E-state index in [0.717, 1.165) is 35.8 Å². The molecule has 0 spiro atoms. The molecule has 5 heteroatoms. The van der Waals surface area contributed by atoms with E-state index in [2.05, 4.69) is 43.4 Å². The molecule has 0 heterocycles. The van der Waals surface area contributed by atoms with Crippen molar-refractivity contribution in [2.24, 2.45) is 0 Å². The lowest BCUT2D eigenvalue weighted by atomic mass is 10.3. The van der Waals surface area contributed by atoms with Crippen molar-refractivity contribution in [3.05, 3.63) is 121 Å². The molecule has 0 aromatic heterocycles. The maximum absolute atomic E-state index is 6.71. The van der Waals surface area contributed by atoms with Crippen molar-refractivity contribution in [1.29, 1.82) is 0 Å². The molecule has 0 aliphatic rings. The van der Waals surface area contributed by atoms with Gasteiger partial charge in [-0.3, -0.25) is 0 Å². The number of hydrogen-bond donors (Lipinski definition) is 0. The fourth-order valence-electron chi connectivity index (χ4n) is 4.14. The van der Waals surface area contributed by atoms with E-state index >= 15 is 0 Å². The summed E-state index contributed by atoms with van der Waals surface area (Å²) < 4.78 is 19.8. The molecular formula is C29H32O3Si2. The van der Waals surface area contributed by atoms with Crippen LogP contribution in [0.5, 0.6) is 17.2 Å². The van der Waals surface area contributed by atoms with E-state index in [4.69, 9.17) is 13.3 Å². The predicted molar refractivity (Wildman–Crippen MR) is 145 cm³/mol. The lowest BCUT2D eigenvalue weighted by Crippen LogP contribution is -2.51. The van der Waals surface area contributed by atoms with Crippen LogP contribution in [0, 0.1) is 0 Å². The number of benzene rings is 4. The summed E-state index contributed by atoms with van der Waals surface area (Å²) in [6, 6.07) is 42.7. The molecule has 0 aliphatic carbocycles.